The van der Waals surface area contributed by atoms with Crippen molar-refractivity contribution in [3.05, 3.63) is 65.2 Å². The maximum Gasteiger partial charge on any atom is 0.338 e. The number of rotatable bonds is 7. The molecule has 0 heterocycles. The number of sulfone groups is 1. The highest BCUT2D eigenvalue weighted by Crippen LogP contribution is 2.14. The average Bonchev–Trinajstić information content (AvgIpc) is 2.60. The molecule has 0 aromatic heterocycles. The molecule has 2 rings (SSSR count). The van der Waals surface area contributed by atoms with Crippen molar-refractivity contribution in [2.45, 2.75) is 25.7 Å². The van der Waals surface area contributed by atoms with Crippen molar-refractivity contribution in [1.82, 2.24) is 0 Å². The first-order valence-electron chi connectivity index (χ1n) is 8.44. The van der Waals surface area contributed by atoms with E-state index < -0.39 is 27.8 Å². The van der Waals surface area contributed by atoms with Gasteiger partial charge < -0.3 is 10.1 Å². The van der Waals surface area contributed by atoms with Crippen molar-refractivity contribution < 1.29 is 27.5 Å². The largest absolute Gasteiger partial charge is 0.449 e. The van der Waals surface area contributed by atoms with Gasteiger partial charge in [0.2, 0.25) is 0 Å². The standard InChI is InChI=1S/C20H21NO6S/c1-13(22)16-7-5-9-18(11-16)21-19(23)14(2)27-20(24)17-8-4-6-15(10-17)12-28(3,25)26/h4-11,14H,12H2,1-3H3,(H,21,23). The van der Waals surface area contributed by atoms with E-state index in [0.29, 0.717) is 16.8 Å². The Bertz CT molecular complexity index is 1010. The molecule has 1 N–H and O–H groups in total. The number of nitrogens with one attached hydrogen (secondary N) is 1. The fraction of sp³-hybridized carbons (Fsp3) is 0.250. The van der Waals surface area contributed by atoms with Gasteiger partial charge in [-0.05, 0) is 43.7 Å². The summed E-state index contributed by atoms with van der Waals surface area (Å²) in [6.07, 6.45) is 0.0120. The van der Waals surface area contributed by atoms with Gasteiger partial charge in [0.15, 0.2) is 21.7 Å². The van der Waals surface area contributed by atoms with Crippen molar-refractivity contribution >= 4 is 33.2 Å². The Morgan fingerprint density at radius 2 is 1.68 bits per heavy atom. The maximum atomic E-state index is 12.3. The van der Waals surface area contributed by atoms with Crippen molar-refractivity contribution in [3.8, 4) is 0 Å². The van der Waals surface area contributed by atoms with Gasteiger partial charge in [-0.3, -0.25) is 9.59 Å². The predicted octanol–water partition coefficient (Wildman–Crippen LogP) is 2.62. The molecule has 2 aromatic rings. The van der Waals surface area contributed by atoms with Crippen LogP contribution in [0.2, 0.25) is 0 Å². The van der Waals surface area contributed by atoms with E-state index in [1.54, 1.807) is 30.3 Å². The highest BCUT2D eigenvalue weighted by Gasteiger charge is 2.20. The molecule has 0 fully saturated rings. The second-order valence-electron chi connectivity index (χ2n) is 6.44. The molecule has 0 aliphatic carbocycles. The maximum absolute atomic E-state index is 12.3. The number of anilines is 1. The fourth-order valence-corrected chi connectivity index (χ4v) is 3.22. The number of esters is 1. The van der Waals surface area contributed by atoms with Crippen LogP contribution in [0.3, 0.4) is 0 Å². The number of benzene rings is 2. The van der Waals surface area contributed by atoms with E-state index in [-0.39, 0.29) is 17.1 Å². The third-order valence-electron chi connectivity index (χ3n) is 3.78. The molecule has 1 unspecified atom stereocenters. The van der Waals surface area contributed by atoms with Crippen LogP contribution in [0.4, 0.5) is 5.69 Å². The second-order valence-corrected chi connectivity index (χ2v) is 8.58. The molecule has 28 heavy (non-hydrogen) atoms. The van der Waals surface area contributed by atoms with Crippen molar-refractivity contribution in [1.29, 1.82) is 0 Å². The molecule has 7 nitrogen and oxygen atoms in total. The molecule has 0 saturated carbocycles. The van der Waals surface area contributed by atoms with Crippen LogP contribution >= 0.6 is 0 Å². The number of carbonyl (C=O) groups is 3. The van der Waals surface area contributed by atoms with E-state index in [4.69, 9.17) is 4.74 Å². The van der Waals surface area contributed by atoms with Gasteiger partial charge in [0.05, 0.1) is 11.3 Å². The monoisotopic (exact) mass is 403 g/mol. The van der Waals surface area contributed by atoms with Gasteiger partial charge in [-0.1, -0.05) is 24.3 Å². The SMILES string of the molecule is CC(=O)c1cccc(NC(=O)C(C)OC(=O)c2cccc(CS(C)(=O)=O)c2)c1. The minimum absolute atomic E-state index is 0.135. The minimum atomic E-state index is -3.24. The summed E-state index contributed by atoms with van der Waals surface area (Å²) < 4.78 is 28.0. The number of Topliss-reactive ketones (excluding diaryl/α,β-unsaturated/α-hetero) is 1. The molecule has 0 saturated heterocycles. The van der Waals surface area contributed by atoms with Gasteiger partial charge in [-0.15, -0.1) is 0 Å². The Morgan fingerprint density at radius 3 is 2.32 bits per heavy atom. The van der Waals surface area contributed by atoms with Crippen LogP contribution in [0.15, 0.2) is 48.5 Å². The van der Waals surface area contributed by atoms with Crippen LogP contribution in [0, 0.1) is 0 Å². The summed E-state index contributed by atoms with van der Waals surface area (Å²) in [5.74, 6) is -1.63. The second kappa shape index (κ2) is 8.79. The smallest absolute Gasteiger partial charge is 0.338 e. The normalized spacial score (nSPS) is 12.1. The summed E-state index contributed by atoms with van der Waals surface area (Å²) in [5.41, 5.74) is 1.47. The number of carbonyl (C=O) groups excluding carboxylic acids is 3. The third-order valence-corrected chi connectivity index (χ3v) is 4.64. The van der Waals surface area contributed by atoms with Crippen molar-refractivity contribution in [2.75, 3.05) is 11.6 Å². The van der Waals surface area contributed by atoms with Crippen molar-refractivity contribution in [3.63, 3.8) is 0 Å². The topological polar surface area (TPSA) is 107 Å². The molecular formula is C20H21NO6S. The zero-order valence-corrected chi connectivity index (χ0v) is 16.6. The Morgan fingerprint density at radius 1 is 1.04 bits per heavy atom. The van der Waals surface area contributed by atoms with Crippen LogP contribution < -0.4 is 5.32 Å². The van der Waals surface area contributed by atoms with Gasteiger partial charge in [-0.25, -0.2) is 13.2 Å². The fourth-order valence-electron chi connectivity index (χ4n) is 2.43. The highest BCUT2D eigenvalue weighted by atomic mass is 32.2. The summed E-state index contributed by atoms with van der Waals surface area (Å²) in [4.78, 5) is 36.0. The summed E-state index contributed by atoms with van der Waals surface area (Å²) in [6.45, 7) is 2.84. The number of ether oxygens (including phenoxy) is 1. The Labute approximate surface area is 163 Å². The van der Waals surface area contributed by atoms with Crippen LogP contribution in [-0.4, -0.2) is 38.4 Å². The van der Waals surface area contributed by atoms with E-state index in [1.807, 2.05) is 0 Å². The molecule has 2 aromatic carbocycles. The summed E-state index contributed by atoms with van der Waals surface area (Å²) in [7, 11) is -3.24. The van der Waals surface area contributed by atoms with Gasteiger partial charge in [0, 0.05) is 17.5 Å². The lowest BCUT2D eigenvalue weighted by Crippen LogP contribution is -2.30. The first-order chi connectivity index (χ1) is 13.0. The molecule has 0 bridgehead atoms. The predicted molar refractivity (Wildman–Crippen MR) is 105 cm³/mol. The minimum Gasteiger partial charge on any atom is -0.449 e. The number of amides is 1. The molecule has 148 valence electrons. The van der Waals surface area contributed by atoms with Crippen LogP contribution in [0.1, 0.15) is 40.1 Å². The zero-order chi connectivity index (χ0) is 20.9. The Hall–Kier alpha value is -3.00. The van der Waals surface area contributed by atoms with Gasteiger partial charge >= 0.3 is 5.97 Å². The average molecular weight is 403 g/mol. The van der Waals surface area contributed by atoms with Crippen molar-refractivity contribution in [2.24, 2.45) is 0 Å². The molecule has 0 radical (unpaired) electrons. The lowest BCUT2D eigenvalue weighted by atomic mass is 10.1. The lowest BCUT2D eigenvalue weighted by molar-refractivity contribution is -0.123. The van der Waals surface area contributed by atoms with Crippen LogP contribution in [0.25, 0.3) is 0 Å². The van der Waals surface area contributed by atoms with E-state index in [1.165, 1.54) is 32.0 Å². The molecule has 1 atom stereocenters. The quantitative estimate of drug-likeness (QED) is 0.563. The van der Waals surface area contributed by atoms with E-state index in [9.17, 15) is 22.8 Å². The number of ketones is 1. The molecule has 1 amide bonds. The van der Waals surface area contributed by atoms with Crippen LogP contribution in [-0.2, 0) is 25.1 Å². The lowest BCUT2D eigenvalue weighted by Gasteiger charge is -2.14. The summed E-state index contributed by atoms with van der Waals surface area (Å²) in [5, 5.41) is 2.59. The highest BCUT2D eigenvalue weighted by molar-refractivity contribution is 7.89. The van der Waals surface area contributed by atoms with E-state index in [0.717, 1.165) is 6.26 Å². The Kier molecular flexibility index (Phi) is 6.69. The summed E-state index contributed by atoms with van der Waals surface area (Å²) >= 11 is 0. The molecule has 0 aliphatic heterocycles. The van der Waals surface area contributed by atoms with E-state index >= 15 is 0 Å². The first-order valence-corrected chi connectivity index (χ1v) is 10.5. The van der Waals surface area contributed by atoms with Gasteiger partial charge in [-0.2, -0.15) is 0 Å². The van der Waals surface area contributed by atoms with Gasteiger partial charge in [0.25, 0.3) is 5.91 Å². The molecule has 8 heteroatoms. The number of hydrogen-bond acceptors (Lipinski definition) is 6. The molecule has 0 spiro atoms. The molecular weight excluding hydrogens is 382 g/mol. The van der Waals surface area contributed by atoms with Crippen LogP contribution in [0.5, 0.6) is 0 Å². The molecule has 0 aliphatic rings. The zero-order valence-electron chi connectivity index (χ0n) is 15.8. The van der Waals surface area contributed by atoms with E-state index in [2.05, 4.69) is 5.32 Å². The first kappa shape index (κ1) is 21.3. The number of hydrogen-bond donors (Lipinski definition) is 1. The van der Waals surface area contributed by atoms with Gasteiger partial charge in [0.1, 0.15) is 0 Å². The third kappa shape index (κ3) is 6.31. The Balaban J connectivity index is 2.03. The summed E-state index contributed by atoms with van der Waals surface area (Å²) in [6, 6.07) is 12.5.